The van der Waals surface area contributed by atoms with Crippen LogP contribution < -0.4 is 0 Å². The summed E-state index contributed by atoms with van der Waals surface area (Å²) in [4.78, 5) is 23.0. The molecule has 0 amide bonds. The second kappa shape index (κ2) is 12.0. The molecule has 1 aliphatic carbocycles. The maximum Gasteiger partial charge on any atom is 0.334 e. The Balaban J connectivity index is 2.85. The molecule has 0 N–H and O–H groups in total. The first kappa shape index (κ1) is 24.3. The molecule has 0 aromatic heterocycles. The Morgan fingerprint density at radius 2 is 1.96 bits per heavy atom. The molecule has 0 heterocycles. The van der Waals surface area contributed by atoms with Crippen LogP contribution in [0.25, 0.3) is 0 Å². The van der Waals surface area contributed by atoms with E-state index in [1.54, 1.807) is 13.2 Å². The summed E-state index contributed by atoms with van der Waals surface area (Å²) in [5.74, 6) is -0.00431. The Hall–Kier alpha value is -1.72. The highest BCUT2D eigenvalue weighted by Crippen LogP contribution is 2.47. The third-order valence-electron chi connectivity index (χ3n) is 5.87. The van der Waals surface area contributed by atoms with Crippen molar-refractivity contribution in [2.24, 2.45) is 11.3 Å². The van der Waals surface area contributed by atoms with Crippen LogP contribution in [-0.2, 0) is 23.8 Å². The lowest BCUT2D eigenvalue weighted by molar-refractivity contribution is -0.139. The standard InChI is InChI=1S/C23H36O5/c1-17(8-7-9-18(2)11-13-24)10-12-23(4)19(3)14-20(28-16-26-5)15-21(23)22(25)27-6/h8,11,13,15,19-20H,7,9-10,12,14,16H2,1-6H3/b17-8+,18-11+/t19-,20+,23-/m1/s1. The lowest BCUT2D eigenvalue weighted by atomic mass is 9.63. The van der Waals surface area contributed by atoms with Gasteiger partial charge in [0, 0.05) is 18.1 Å². The predicted octanol–water partition coefficient (Wildman–Crippen LogP) is 4.77. The summed E-state index contributed by atoms with van der Waals surface area (Å²) in [6.45, 7) is 8.63. The molecule has 0 fully saturated rings. The highest BCUT2D eigenvalue weighted by atomic mass is 16.7. The van der Waals surface area contributed by atoms with Gasteiger partial charge in [-0.25, -0.2) is 4.79 Å². The Morgan fingerprint density at radius 1 is 1.25 bits per heavy atom. The van der Waals surface area contributed by atoms with Crippen molar-refractivity contribution in [1.82, 2.24) is 0 Å². The minimum Gasteiger partial charge on any atom is -0.466 e. The fourth-order valence-corrected chi connectivity index (χ4v) is 3.69. The van der Waals surface area contributed by atoms with Gasteiger partial charge in [-0.05, 0) is 64.0 Å². The summed E-state index contributed by atoms with van der Waals surface area (Å²) >= 11 is 0. The van der Waals surface area contributed by atoms with Crippen molar-refractivity contribution >= 4 is 12.3 Å². The lowest BCUT2D eigenvalue weighted by Gasteiger charge is -2.42. The van der Waals surface area contributed by atoms with Crippen LogP contribution in [0.5, 0.6) is 0 Å². The van der Waals surface area contributed by atoms with Gasteiger partial charge < -0.3 is 14.2 Å². The van der Waals surface area contributed by atoms with E-state index in [4.69, 9.17) is 14.2 Å². The molecule has 0 unspecified atom stereocenters. The van der Waals surface area contributed by atoms with Crippen molar-refractivity contribution in [3.8, 4) is 0 Å². The topological polar surface area (TPSA) is 61.8 Å². The highest BCUT2D eigenvalue weighted by molar-refractivity contribution is 5.90. The lowest BCUT2D eigenvalue weighted by Crippen LogP contribution is -2.39. The van der Waals surface area contributed by atoms with E-state index >= 15 is 0 Å². The first-order chi connectivity index (χ1) is 13.3. The van der Waals surface area contributed by atoms with E-state index in [0.29, 0.717) is 5.57 Å². The van der Waals surface area contributed by atoms with E-state index in [2.05, 4.69) is 26.8 Å². The van der Waals surface area contributed by atoms with Gasteiger partial charge in [0.2, 0.25) is 0 Å². The van der Waals surface area contributed by atoms with Crippen LogP contribution in [0.3, 0.4) is 0 Å². The first-order valence-corrected chi connectivity index (χ1v) is 9.96. The van der Waals surface area contributed by atoms with Crippen LogP contribution in [0.15, 0.2) is 34.9 Å². The minimum atomic E-state index is -0.281. The number of carbonyl (C=O) groups excluding carboxylic acids is 2. The molecular weight excluding hydrogens is 356 g/mol. The minimum absolute atomic E-state index is 0.138. The summed E-state index contributed by atoms with van der Waals surface area (Å²) in [6.07, 6.45) is 10.9. The maximum absolute atomic E-state index is 12.5. The summed E-state index contributed by atoms with van der Waals surface area (Å²) in [5.41, 5.74) is 2.83. The van der Waals surface area contributed by atoms with Gasteiger partial charge in [0.05, 0.1) is 13.2 Å². The molecular formula is C23H36O5. The normalized spacial score (nSPS) is 26.0. The van der Waals surface area contributed by atoms with Gasteiger partial charge in [0.15, 0.2) is 0 Å². The van der Waals surface area contributed by atoms with E-state index in [9.17, 15) is 9.59 Å². The fraction of sp³-hybridized carbons (Fsp3) is 0.652. The second-order valence-corrected chi connectivity index (χ2v) is 7.98. The monoisotopic (exact) mass is 392 g/mol. The van der Waals surface area contributed by atoms with Crippen LogP contribution in [0.2, 0.25) is 0 Å². The molecule has 3 atom stereocenters. The molecule has 5 heteroatoms. The van der Waals surface area contributed by atoms with Gasteiger partial charge in [0.25, 0.3) is 0 Å². The van der Waals surface area contributed by atoms with Crippen molar-refractivity contribution in [2.75, 3.05) is 21.0 Å². The van der Waals surface area contributed by atoms with Crippen LogP contribution >= 0.6 is 0 Å². The smallest absolute Gasteiger partial charge is 0.334 e. The second-order valence-electron chi connectivity index (χ2n) is 7.98. The summed E-state index contributed by atoms with van der Waals surface area (Å²) in [6, 6.07) is 0. The van der Waals surface area contributed by atoms with E-state index < -0.39 is 0 Å². The largest absolute Gasteiger partial charge is 0.466 e. The quantitative estimate of drug-likeness (QED) is 0.167. The van der Waals surface area contributed by atoms with Crippen LogP contribution in [0, 0.1) is 11.3 Å². The van der Waals surface area contributed by atoms with Gasteiger partial charge in [0.1, 0.15) is 13.1 Å². The van der Waals surface area contributed by atoms with Gasteiger partial charge in [-0.3, -0.25) is 4.79 Å². The zero-order valence-electron chi connectivity index (χ0n) is 18.2. The molecule has 1 aliphatic rings. The summed E-state index contributed by atoms with van der Waals surface area (Å²) in [7, 11) is 3.01. The summed E-state index contributed by atoms with van der Waals surface area (Å²) in [5, 5.41) is 0. The fourth-order valence-electron chi connectivity index (χ4n) is 3.69. The molecule has 0 radical (unpaired) electrons. The number of ether oxygens (including phenoxy) is 3. The molecule has 158 valence electrons. The SMILES string of the molecule is COCO[C@@H]1C=C(C(=O)OC)[C@](C)(CC/C(C)=C/CC/C(C)=C/C=O)[C@H](C)C1. The third kappa shape index (κ3) is 7.02. The molecule has 28 heavy (non-hydrogen) atoms. The zero-order chi connectivity index (χ0) is 21.2. The molecule has 0 saturated heterocycles. The van der Waals surface area contributed by atoms with E-state index in [1.807, 2.05) is 13.0 Å². The zero-order valence-corrected chi connectivity index (χ0v) is 18.2. The average molecular weight is 393 g/mol. The van der Waals surface area contributed by atoms with Crippen LogP contribution in [0.4, 0.5) is 0 Å². The molecule has 0 aliphatic heterocycles. The Labute approximate surface area is 169 Å². The molecule has 0 aromatic rings. The number of hydrogen-bond donors (Lipinski definition) is 0. The molecule has 0 aromatic carbocycles. The number of hydrogen-bond acceptors (Lipinski definition) is 5. The molecule has 5 nitrogen and oxygen atoms in total. The number of methoxy groups -OCH3 is 2. The molecule has 0 spiro atoms. The van der Waals surface area contributed by atoms with Gasteiger partial charge in [-0.2, -0.15) is 0 Å². The number of aldehydes is 1. The Bertz CT molecular complexity index is 616. The van der Waals surface area contributed by atoms with E-state index in [0.717, 1.165) is 44.0 Å². The van der Waals surface area contributed by atoms with Crippen molar-refractivity contribution in [3.05, 3.63) is 34.9 Å². The predicted molar refractivity (Wildman–Crippen MR) is 111 cm³/mol. The third-order valence-corrected chi connectivity index (χ3v) is 5.87. The number of carbonyl (C=O) groups is 2. The van der Waals surface area contributed by atoms with Crippen molar-refractivity contribution in [1.29, 1.82) is 0 Å². The first-order valence-electron chi connectivity index (χ1n) is 9.96. The van der Waals surface area contributed by atoms with Crippen LogP contribution in [-0.4, -0.2) is 39.4 Å². The highest BCUT2D eigenvalue weighted by Gasteiger charge is 2.43. The number of allylic oxidation sites excluding steroid dienone is 4. The van der Waals surface area contributed by atoms with Crippen LogP contribution in [0.1, 0.15) is 59.8 Å². The maximum atomic E-state index is 12.5. The van der Waals surface area contributed by atoms with Gasteiger partial charge in [-0.1, -0.05) is 31.1 Å². The molecule has 0 saturated carbocycles. The van der Waals surface area contributed by atoms with Gasteiger partial charge in [-0.15, -0.1) is 0 Å². The van der Waals surface area contributed by atoms with E-state index in [1.165, 1.54) is 12.7 Å². The average Bonchev–Trinajstić information content (AvgIpc) is 2.66. The van der Waals surface area contributed by atoms with Crippen molar-refractivity contribution in [2.45, 2.75) is 65.9 Å². The van der Waals surface area contributed by atoms with Crippen molar-refractivity contribution in [3.63, 3.8) is 0 Å². The summed E-state index contributed by atoms with van der Waals surface area (Å²) < 4.78 is 15.8. The molecule has 0 bridgehead atoms. The Morgan fingerprint density at radius 3 is 2.57 bits per heavy atom. The number of esters is 1. The number of rotatable bonds is 11. The molecule has 1 rings (SSSR count). The van der Waals surface area contributed by atoms with Gasteiger partial charge >= 0.3 is 5.97 Å². The Kier molecular flexibility index (Phi) is 10.4. The van der Waals surface area contributed by atoms with E-state index in [-0.39, 0.29) is 30.2 Å². The van der Waals surface area contributed by atoms with Crippen molar-refractivity contribution < 1.29 is 23.8 Å².